The summed E-state index contributed by atoms with van der Waals surface area (Å²) in [7, 11) is 0. The Labute approximate surface area is 228 Å². The summed E-state index contributed by atoms with van der Waals surface area (Å²) in [6, 6.07) is 10.9. The van der Waals surface area contributed by atoms with Gasteiger partial charge in [0, 0.05) is 71.9 Å². The predicted molar refractivity (Wildman–Crippen MR) is 154 cm³/mol. The lowest BCUT2D eigenvalue weighted by Gasteiger charge is -2.35. The SMILES string of the molecule is Cc1cc(F)cc(-c2cnc(NCCNI)c(-c3nc4cc(Cl)ccc4[nH]3)c2N2CCC(N)CC2)c1. The summed E-state index contributed by atoms with van der Waals surface area (Å²) in [5, 5.41) is 4.09. The quantitative estimate of drug-likeness (QED) is 0.121. The van der Waals surface area contributed by atoms with Crippen LogP contribution in [0.3, 0.4) is 0 Å². The second-order valence-electron chi connectivity index (χ2n) is 9.14. The van der Waals surface area contributed by atoms with E-state index in [1.54, 1.807) is 6.07 Å². The molecule has 4 aromatic rings. The van der Waals surface area contributed by atoms with Crippen LogP contribution in [0.5, 0.6) is 0 Å². The first-order chi connectivity index (χ1) is 17.4. The lowest BCUT2D eigenvalue weighted by atomic mass is 9.96. The molecule has 10 heteroatoms. The number of H-pyrrole nitrogens is 1. The van der Waals surface area contributed by atoms with Gasteiger partial charge in [-0.25, -0.2) is 14.4 Å². The van der Waals surface area contributed by atoms with Gasteiger partial charge in [-0.2, -0.15) is 0 Å². The smallest absolute Gasteiger partial charge is 0.144 e. The van der Waals surface area contributed by atoms with E-state index in [1.165, 1.54) is 6.07 Å². The van der Waals surface area contributed by atoms with Gasteiger partial charge < -0.3 is 20.9 Å². The fourth-order valence-corrected chi connectivity index (χ4v) is 5.18. The van der Waals surface area contributed by atoms with Crippen LogP contribution in [0.4, 0.5) is 15.9 Å². The maximum Gasteiger partial charge on any atom is 0.144 e. The van der Waals surface area contributed by atoms with Gasteiger partial charge >= 0.3 is 0 Å². The molecule has 0 aliphatic carbocycles. The van der Waals surface area contributed by atoms with E-state index in [0.717, 1.165) is 71.5 Å². The summed E-state index contributed by atoms with van der Waals surface area (Å²) < 4.78 is 17.7. The molecule has 2 aromatic carbocycles. The average Bonchev–Trinajstić information content (AvgIpc) is 3.26. The van der Waals surface area contributed by atoms with Crippen LogP contribution in [-0.2, 0) is 0 Å². The first kappa shape index (κ1) is 25.2. The number of aromatic nitrogens is 3. The van der Waals surface area contributed by atoms with Gasteiger partial charge in [-0.1, -0.05) is 17.7 Å². The van der Waals surface area contributed by atoms with Crippen LogP contribution in [0.25, 0.3) is 33.5 Å². The van der Waals surface area contributed by atoms with Crippen molar-refractivity contribution in [2.75, 3.05) is 36.4 Å². The van der Waals surface area contributed by atoms with Gasteiger partial charge in [0.25, 0.3) is 0 Å². The number of anilines is 2. The Balaban J connectivity index is 1.76. The number of pyridine rings is 1. The molecule has 1 aliphatic rings. The highest BCUT2D eigenvalue weighted by Gasteiger charge is 2.27. The molecule has 0 amide bonds. The molecule has 5 rings (SSSR count). The van der Waals surface area contributed by atoms with Crippen molar-refractivity contribution >= 4 is 57.0 Å². The van der Waals surface area contributed by atoms with Crippen molar-refractivity contribution in [2.24, 2.45) is 5.73 Å². The molecule has 5 N–H and O–H groups in total. The highest BCUT2D eigenvalue weighted by molar-refractivity contribution is 14.1. The second kappa shape index (κ2) is 10.9. The third-order valence-electron chi connectivity index (χ3n) is 6.45. The van der Waals surface area contributed by atoms with Gasteiger partial charge in [0.15, 0.2) is 0 Å². The van der Waals surface area contributed by atoms with E-state index in [1.807, 2.05) is 37.4 Å². The van der Waals surface area contributed by atoms with Crippen LogP contribution < -0.4 is 19.5 Å². The summed E-state index contributed by atoms with van der Waals surface area (Å²) in [5.74, 6) is 1.13. The molecule has 0 radical (unpaired) electrons. The topological polar surface area (TPSA) is 94.9 Å². The number of imidazole rings is 1. The number of benzene rings is 2. The minimum atomic E-state index is -0.271. The summed E-state index contributed by atoms with van der Waals surface area (Å²) >= 11 is 8.38. The van der Waals surface area contributed by atoms with Crippen molar-refractivity contribution in [3.63, 3.8) is 0 Å². The predicted octanol–water partition coefficient (Wildman–Crippen LogP) is 5.67. The number of nitrogens with one attached hydrogen (secondary N) is 3. The Hall–Kier alpha value is -2.47. The Morgan fingerprint density at radius 2 is 2.00 bits per heavy atom. The molecule has 7 nitrogen and oxygen atoms in total. The van der Waals surface area contributed by atoms with Crippen molar-refractivity contribution in [3.8, 4) is 22.5 Å². The molecule has 36 heavy (non-hydrogen) atoms. The number of nitrogens with zero attached hydrogens (tertiary/aromatic N) is 3. The number of halogens is 3. The van der Waals surface area contributed by atoms with Crippen LogP contribution in [0.2, 0.25) is 5.02 Å². The number of rotatable bonds is 7. The number of aromatic amines is 1. The zero-order chi connectivity index (χ0) is 25.2. The lowest BCUT2D eigenvalue weighted by Crippen LogP contribution is -2.40. The molecule has 0 unspecified atom stereocenters. The van der Waals surface area contributed by atoms with E-state index < -0.39 is 0 Å². The van der Waals surface area contributed by atoms with E-state index in [2.05, 4.69) is 41.6 Å². The van der Waals surface area contributed by atoms with Gasteiger partial charge in [-0.3, -0.25) is 3.53 Å². The van der Waals surface area contributed by atoms with E-state index in [9.17, 15) is 4.39 Å². The van der Waals surface area contributed by atoms with Crippen LogP contribution >= 0.6 is 34.5 Å². The largest absolute Gasteiger partial charge is 0.370 e. The molecule has 1 fully saturated rings. The molecule has 0 atom stereocenters. The van der Waals surface area contributed by atoms with Crippen LogP contribution in [-0.4, -0.2) is 47.2 Å². The Morgan fingerprint density at radius 1 is 1.19 bits per heavy atom. The number of nitrogens with two attached hydrogens (primary N) is 1. The lowest BCUT2D eigenvalue weighted by molar-refractivity contribution is 0.501. The van der Waals surface area contributed by atoms with Crippen LogP contribution in [0, 0.1) is 12.7 Å². The maximum absolute atomic E-state index is 14.5. The van der Waals surface area contributed by atoms with E-state index in [0.29, 0.717) is 23.2 Å². The van der Waals surface area contributed by atoms with E-state index in [4.69, 9.17) is 27.3 Å². The van der Waals surface area contributed by atoms with Crippen molar-refractivity contribution in [1.82, 2.24) is 18.5 Å². The number of fused-ring (bicyclic) bond motifs is 1. The van der Waals surface area contributed by atoms with E-state index in [-0.39, 0.29) is 11.9 Å². The zero-order valence-corrected chi connectivity index (χ0v) is 22.8. The molecule has 2 aromatic heterocycles. The second-order valence-corrected chi connectivity index (χ2v) is 10.3. The number of aryl methyl sites for hydroxylation is 1. The standard InChI is InChI=1S/C26H28ClFIN7/c1-15-10-16(12-18(28)11-15)20-14-32-25(31-6-7-33-29)23(24(20)36-8-4-19(30)5-9-36)26-34-21-3-2-17(27)13-22(21)35-26/h2-3,10-14,19,33H,4-9,30H2,1H3,(H,31,32)(H,34,35). The molecule has 0 spiro atoms. The normalized spacial score (nSPS) is 14.5. The van der Waals surface area contributed by atoms with E-state index >= 15 is 0 Å². The maximum atomic E-state index is 14.5. The van der Waals surface area contributed by atoms with Crippen molar-refractivity contribution < 1.29 is 4.39 Å². The molecule has 0 saturated carbocycles. The minimum Gasteiger partial charge on any atom is -0.370 e. The van der Waals surface area contributed by atoms with Gasteiger partial charge in [-0.15, -0.1) is 0 Å². The summed E-state index contributed by atoms with van der Waals surface area (Å²) in [4.78, 5) is 15.5. The minimum absolute atomic E-state index is 0.173. The van der Waals surface area contributed by atoms with Gasteiger partial charge in [-0.05, 0) is 61.2 Å². The third-order valence-corrected chi connectivity index (χ3v) is 7.23. The Bertz CT molecular complexity index is 1360. The van der Waals surface area contributed by atoms with Gasteiger partial charge in [0.1, 0.15) is 17.5 Å². The molecule has 1 aliphatic heterocycles. The van der Waals surface area contributed by atoms with Crippen LogP contribution in [0.1, 0.15) is 18.4 Å². The summed E-state index contributed by atoms with van der Waals surface area (Å²) in [6.45, 7) is 4.92. The van der Waals surface area contributed by atoms with Crippen molar-refractivity contribution in [3.05, 3.63) is 59.0 Å². The van der Waals surface area contributed by atoms with Gasteiger partial charge in [0.2, 0.25) is 0 Å². The highest BCUT2D eigenvalue weighted by atomic mass is 127. The average molecular weight is 620 g/mol. The molecular formula is C26H28ClFIN7. The first-order valence-corrected chi connectivity index (χ1v) is 13.4. The molecule has 3 heterocycles. The number of hydrogen-bond donors (Lipinski definition) is 4. The highest BCUT2D eigenvalue weighted by Crippen LogP contribution is 2.43. The van der Waals surface area contributed by atoms with Gasteiger partial charge in [0.05, 0.1) is 22.3 Å². The Morgan fingerprint density at radius 3 is 2.75 bits per heavy atom. The summed E-state index contributed by atoms with van der Waals surface area (Å²) in [6.07, 6.45) is 3.59. The monoisotopic (exact) mass is 619 g/mol. The molecule has 1 saturated heterocycles. The third kappa shape index (κ3) is 5.29. The van der Waals surface area contributed by atoms with Crippen molar-refractivity contribution in [2.45, 2.75) is 25.8 Å². The zero-order valence-electron chi connectivity index (χ0n) is 19.9. The number of piperidine rings is 1. The fraction of sp³-hybridized carbons (Fsp3) is 0.308. The number of hydrogen-bond acceptors (Lipinski definition) is 6. The Kier molecular flexibility index (Phi) is 7.61. The first-order valence-electron chi connectivity index (χ1n) is 12.0. The molecule has 188 valence electrons. The molecule has 0 bridgehead atoms. The van der Waals surface area contributed by atoms with Crippen LogP contribution in [0.15, 0.2) is 42.6 Å². The molecular weight excluding hydrogens is 592 g/mol. The summed E-state index contributed by atoms with van der Waals surface area (Å²) in [5.41, 5.74) is 12.2. The fourth-order valence-electron chi connectivity index (χ4n) is 4.74. The van der Waals surface area contributed by atoms with Crippen molar-refractivity contribution in [1.29, 1.82) is 0 Å².